The van der Waals surface area contributed by atoms with Crippen molar-refractivity contribution in [2.75, 3.05) is 34.4 Å². The van der Waals surface area contributed by atoms with E-state index in [9.17, 15) is 4.79 Å². The Bertz CT molecular complexity index is 524. The molecule has 0 aromatic heterocycles. The topological polar surface area (TPSA) is 50.8 Å². The zero-order chi connectivity index (χ0) is 16.1. The van der Waals surface area contributed by atoms with Crippen LogP contribution in [0.25, 0.3) is 0 Å². The monoisotopic (exact) mass is 324 g/mol. The number of nitrogens with one attached hydrogen (secondary N) is 1. The molecule has 1 N–H and O–H groups in total. The molecule has 1 heterocycles. The van der Waals surface area contributed by atoms with Gasteiger partial charge in [-0.3, -0.25) is 4.79 Å². The van der Waals surface area contributed by atoms with E-state index in [1.54, 1.807) is 26.0 Å². The first-order valence-electron chi connectivity index (χ1n) is 7.48. The number of methoxy groups -OCH3 is 2. The summed E-state index contributed by atoms with van der Waals surface area (Å²) in [5.41, 5.74) is 0.993. The van der Waals surface area contributed by atoms with Gasteiger partial charge in [0.15, 0.2) is 0 Å². The molecule has 2 atom stereocenters. The van der Waals surface area contributed by atoms with Crippen LogP contribution in [0, 0.1) is 0 Å². The molecule has 122 valence electrons. The molecule has 0 aliphatic carbocycles. The summed E-state index contributed by atoms with van der Waals surface area (Å²) in [6, 6.07) is 5.74. The third kappa shape index (κ3) is 3.33. The fourth-order valence-electron chi connectivity index (χ4n) is 2.59. The van der Waals surface area contributed by atoms with E-state index in [2.05, 4.69) is 12.2 Å². The number of carbonyl (C=O) groups is 1. The molecule has 1 fully saturated rings. The molecule has 0 bridgehead atoms. The maximum atomic E-state index is 12.6. The standard InChI is InChI=1S/C16H24N2O3S/c1-5-14-15(19)18(9-8-17-2)16(22-14)12-10-11(20-3)6-7-13(12)21-4/h6-7,10,14,16-17H,5,8-9H2,1-4H3/t14-,16-/m0/s1. The van der Waals surface area contributed by atoms with Gasteiger partial charge in [0, 0.05) is 18.7 Å². The van der Waals surface area contributed by atoms with Crippen LogP contribution >= 0.6 is 11.8 Å². The van der Waals surface area contributed by atoms with Gasteiger partial charge in [0.2, 0.25) is 5.91 Å². The Morgan fingerprint density at radius 1 is 1.32 bits per heavy atom. The van der Waals surface area contributed by atoms with Crippen LogP contribution < -0.4 is 14.8 Å². The zero-order valence-electron chi connectivity index (χ0n) is 13.6. The molecule has 1 aromatic rings. The van der Waals surface area contributed by atoms with E-state index in [0.717, 1.165) is 30.0 Å². The van der Waals surface area contributed by atoms with E-state index < -0.39 is 0 Å². The number of hydrogen-bond donors (Lipinski definition) is 1. The van der Waals surface area contributed by atoms with Crippen LogP contribution in [-0.2, 0) is 4.79 Å². The molecule has 0 saturated carbocycles. The van der Waals surface area contributed by atoms with E-state index in [1.165, 1.54) is 0 Å². The number of rotatable bonds is 7. The Hall–Kier alpha value is -1.40. The molecule has 1 aliphatic rings. The summed E-state index contributed by atoms with van der Waals surface area (Å²) in [6.45, 7) is 3.51. The molecule has 1 saturated heterocycles. The van der Waals surface area contributed by atoms with E-state index in [4.69, 9.17) is 9.47 Å². The lowest BCUT2D eigenvalue weighted by Crippen LogP contribution is -2.36. The highest BCUT2D eigenvalue weighted by Crippen LogP contribution is 2.47. The fourth-order valence-corrected chi connectivity index (χ4v) is 4.03. The number of ether oxygens (including phenoxy) is 2. The van der Waals surface area contributed by atoms with Gasteiger partial charge in [-0.15, -0.1) is 11.8 Å². The molecule has 0 unspecified atom stereocenters. The summed E-state index contributed by atoms with van der Waals surface area (Å²) in [7, 11) is 5.19. The van der Waals surface area contributed by atoms with Crippen LogP contribution in [0.1, 0.15) is 24.3 Å². The van der Waals surface area contributed by atoms with Gasteiger partial charge in [-0.05, 0) is 31.7 Å². The number of hydrogen-bond acceptors (Lipinski definition) is 5. The maximum Gasteiger partial charge on any atom is 0.236 e. The quantitative estimate of drug-likeness (QED) is 0.834. The molecule has 1 amide bonds. The molecular weight excluding hydrogens is 300 g/mol. The first kappa shape index (κ1) is 17.0. The molecule has 5 nitrogen and oxygen atoms in total. The second kappa shape index (κ2) is 7.74. The summed E-state index contributed by atoms with van der Waals surface area (Å²) < 4.78 is 10.8. The lowest BCUT2D eigenvalue weighted by atomic mass is 10.1. The average Bonchev–Trinajstić information content (AvgIpc) is 2.88. The van der Waals surface area contributed by atoms with Crippen LogP contribution in [0.2, 0.25) is 0 Å². The normalized spacial score (nSPS) is 21.3. The van der Waals surface area contributed by atoms with Crippen LogP contribution in [0.3, 0.4) is 0 Å². The molecule has 0 radical (unpaired) electrons. The van der Waals surface area contributed by atoms with Gasteiger partial charge in [0.1, 0.15) is 16.9 Å². The lowest BCUT2D eigenvalue weighted by molar-refractivity contribution is -0.130. The van der Waals surface area contributed by atoms with Crippen LogP contribution in [0.4, 0.5) is 0 Å². The molecule has 1 aromatic carbocycles. The van der Waals surface area contributed by atoms with Crippen molar-refractivity contribution >= 4 is 17.7 Å². The van der Waals surface area contributed by atoms with Crippen molar-refractivity contribution in [3.8, 4) is 11.5 Å². The largest absolute Gasteiger partial charge is 0.497 e. The Kier molecular flexibility index (Phi) is 5.97. The summed E-state index contributed by atoms with van der Waals surface area (Å²) in [5.74, 6) is 1.77. The summed E-state index contributed by atoms with van der Waals surface area (Å²) in [5, 5.41) is 3.09. The third-order valence-corrected chi connectivity index (χ3v) is 5.44. The number of nitrogens with zero attached hydrogens (tertiary/aromatic N) is 1. The highest BCUT2D eigenvalue weighted by Gasteiger charge is 2.40. The predicted octanol–water partition coefficient (Wildman–Crippen LogP) is 2.28. The number of thioether (sulfide) groups is 1. The van der Waals surface area contributed by atoms with Gasteiger partial charge in [-0.2, -0.15) is 0 Å². The smallest absolute Gasteiger partial charge is 0.236 e. The molecule has 0 spiro atoms. The molecule has 22 heavy (non-hydrogen) atoms. The Morgan fingerprint density at radius 3 is 2.68 bits per heavy atom. The van der Waals surface area contributed by atoms with E-state index in [1.807, 2.05) is 30.1 Å². The number of likely N-dealkylation sites (N-methyl/N-ethyl adjacent to an activating group) is 1. The SMILES string of the molecule is CC[C@@H]1S[C@@H](c2cc(OC)ccc2OC)N(CCNC)C1=O. The van der Waals surface area contributed by atoms with Gasteiger partial charge < -0.3 is 19.7 Å². The van der Waals surface area contributed by atoms with Gasteiger partial charge in [0.05, 0.1) is 19.5 Å². The van der Waals surface area contributed by atoms with Crippen LogP contribution in [-0.4, -0.2) is 50.4 Å². The first-order chi connectivity index (χ1) is 10.7. The zero-order valence-corrected chi connectivity index (χ0v) is 14.4. The van der Waals surface area contributed by atoms with Crippen molar-refractivity contribution in [2.24, 2.45) is 0 Å². The summed E-state index contributed by atoms with van der Waals surface area (Å²) in [6.07, 6.45) is 0.836. The minimum Gasteiger partial charge on any atom is -0.497 e. The first-order valence-corrected chi connectivity index (χ1v) is 8.43. The Balaban J connectivity index is 2.37. The molecular formula is C16H24N2O3S. The number of benzene rings is 1. The number of amides is 1. The van der Waals surface area contributed by atoms with Crippen molar-refractivity contribution in [1.82, 2.24) is 10.2 Å². The van der Waals surface area contributed by atoms with Crippen molar-refractivity contribution in [3.05, 3.63) is 23.8 Å². The van der Waals surface area contributed by atoms with Crippen molar-refractivity contribution in [1.29, 1.82) is 0 Å². The Labute approximate surface area is 136 Å². The second-order valence-corrected chi connectivity index (χ2v) is 6.42. The van der Waals surface area contributed by atoms with Crippen molar-refractivity contribution in [2.45, 2.75) is 24.0 Å². The van der Waals surface area contributed by atoms with Crippen molar-refractivity contribution < 1.29 is 14.3 Å². The second-order valence-electron chi connectivity index (χ2n) is 5.13. The van der Waals surface area contributed by atoms with Gasteiger partial charge in [0.25, 0.3) is 0 Å². The molecule has 6 heteroatoms. The van der Waals surface area contributed by atoms with E-state index in [0.29, 0.717) is 6.54 Å². The fraction of sp³-hybridized carbons (Fsp3) is 0.562. The lowest BCUT2D eigenvalue weighted by Gasteiger charge is -2.25. The third-order valence-electron chi connectivity index (χ3n) is 3.81. The summed E-state index contributed by atoms with van der Waals surface area (Å²) >= 11 is 1.69. The van der Waals surface area contributed by atoms with Gasteiger partial charge in [-0.25, -0.2) is 0 Å². The Morgan fingerprint density at radius 2 is 2.09 bits per heavy atom. The van der Waals surface area contributed by atoms with Gasteiger partial charge >= 0.3 is 0 Å². The highest BCUT2D eigenvalue weighted by atomic mass is 32.2. The van der Waals surface area contributed by atoms with E-state index in [-0.39, 0.29) is 16.5 Å². The van der Waals surface area contributed by atoms with Crippen molar-refractivity contribution in [3.63, 3.8) is 0 Å². The van der Waals surface area contributed by atoms with Gasteiger partial charge in [-0.1, -0.05) is 6.92 Å². The molecule has 2 rings (SSSR count). The predicted molar refractivity (Wildman–Crippen MR) is 89.6 cm³/mol. The summed E-state index contributed by atoms with van der Waals surface area (Å²) in [4.78, 5) is 14.5. The average molecular weight is 324 g/mol. The maximum absolute atomic E-state index is 12.6. The number of carbonyl (C=O) groups excluding carboxylic acids is 1. The minimum absolute atomic E-state index is 0.0118. The minimum atomic E-state index is -0.0316. The van der Waals surface area contributed by atoms with Crippen LogP contribution in [0.5, 0.6) is 11.5 Å². The molecule has 1 aliphatic heterocycles. The van der Waals surface area contributed by atoms with Crippen LogP contribution in [0.15, 0.2) is 18.2 Å². The highest BCUT2D eigenvalue weighted by molar-refractivity contribution is 8.01. The van der Waals surface area contributed by atoms with E-state index >= 15 is 0 Å².